The largest absolute Gasteiger partial charge is 0.481 e. The van der Waals surface area contributed by atoms with Gasteiger partial charge in [-0.25, -0.2) is 0 Å². The lowest BCUT2D eigenvalue weighted by Gasteiger charge is -2.41. The zero-order valence-electron chi connectivity index (χ0n) is 27.0. The second kappa shape index (κ2) is 16.9. The van der Waals surface area contributed by atoms with Gasteiger partial charge in [0, 0.05) is 36.3 Å². The molecular formula is C32H63N3O6. The molecule has 3 fully saturated rings. The van der Waals surface area contributed by atoms with Crippen molar-refractivity contribution in [1.82, 2.24) is 14.7 Å². The summed E-state index contributed by atoms with van der Waals surface area (Å²) in [5.41, 5.74) is -1.11. The van der Waals surface area contributed by atoms with E-state index in [0.29, 0.717) is 36.3 Å². The molecule has 242 valence electrons. The first-order valence-corrected chi connectivity index (χ1v) is 16.7. The third kappa shape index (κ3) is 8.02. The molecule has 6 unspecified atom stereocenters. The van der Waals surface area contributed by atoms with Crippen molar-refractivity contribution in [2.75, 3.05) is 26.4 Å². The smallest absolute Gasteiger partial charge is 0.308 e. The average Bonchev–Trinajstić information content (AvgIpc) is 3.91. The molecule has 0 bridgehead atoms. The predicted molar refractivity (Wildman–Crippen MR) is 163 cm³/mol. The first-order chi connectivity index (χ1) is 19.7. The Hall–Kier alpha value is -0.810. The second-order valence-electron chi connectivity index (χ2n) is 12.8. The molecular weight excluding hydrogens is 522 g/mol. The van der Waals surface area contributed by atoms with Gasteiger partial charge in [0.2, 0.25) is 0 Å². The fraction of sp³-hybridized carbons (Fsp3) is 0.969. The van der Waals surface area contributed by atoms with E-state index in [2.05, 4.69) is 56.2 Å². The van der Waals surface area contributed by atoms with Crippen LogP contribution in [0.25, 0.3) is 0 Å². The minimum atomic E-state index is -1.11. The number of rotatable bonds is 21. The topological polar surface area (TPSA) is 127 Å². The summed E-state index contributed by atoms with van der Waals surface area (Å²) in [5.74, 6) is -1.04. The number of carboxylic acid groups (broad SMARTS) is 1. The van der Waals surface area contributed by atoms with Crippen LogP contribution in [0, 0.1) is 5.41 Å². The van der Waals surface area contributed by atoms with Crippen LogP contribution in [0.5, 0.6) is 0 Å². The van der Waals surface area contributed by atoms with Crippen LogP contribution in [0.1, 0.15) is 125 Å². The van der Waals surface area contributed by atoms with E-state index in [1.165, 1.54) is 77.0 Å². The van der Waals surface area contributed by atoms with Crippen LogP contribution in [0.15, 0.2) is 0 Å². The number of nitrogens with zero attached hydrogens (tertiary/aromatic N) is 3. The molecule has 0 spiro atoms. The maximum absolute atomic E-state index is 12.5. The van der Waals surface area contributed by atoms with Crippen LogP contribution >= 0.6 is 0 Å². The number of hydrogen-bond acceptors (Lipinski definition) is 8. The molecule has 6 atom stereocenters. The van der Waals surface area contributed by atoms with E-state index in [4.69, 9.17) is 20.4 Å². The van der Waals surface area contributed by atoms with E-state index < -0.39 is 43.6 Å². The van der Waals surface area contributed by atoms with Gasteiger partial charge < -0.3 is 25.5 Å². The number of aliphatic hydroxyl groups excluding tert-OH is 4. The van der Waals surface area contributed by atoms with Gasteiger partial charge in [-0.1, -0.05) is 80.1 Å². The molecule has 3 heterocycles. The highest BCUT2D eigenvalue weighted by Gasteiger charge is 2.74. The lowest BCUT2D eigenvalue weighted by molar-refractivity contribution is -0.148. The summed E-state index contributed by atoms with van der Waals surface area (Å²) < 4.78 is 0. The number of hydrogen-bond donors (Lipinski definition) is 5. The molecule has 3 saturated heterocycles. The fourth-order valence-electron chi connectivity index (χ4n) is 7.54. The lowest BCUT2D eigenvalue weighted by Crippen LogP contribution is -2.58. The Balaban J connectivity index is 0.000000564. The van der Waals surface area contributed by atoms with Crippen molar-refractivity contribution in [1.29, 1.82) is 0 Å². The quantitative estimate of drug-likeness (QED) is 0.127. The predicted octanol–water partition coefficient (Wildman–Crippen LogP) is 4.02. The zero-order chi connectivity index (χ0) is 30.8. The molecule has 0 radical (unpaired) electrons. The zero-order valence-corrected chi connectivity index (χ0v) is 27.0. The molecule has 3 aliphatic rings. The van der Waals surface area contributed by atoms with Gasteiger partial charge in [-0.15, -0.1) is 0 Å². The molecule has 3 aliphatic heterocycles. The molecule has 0 amide bonds. The monoisotopic (exact) mass is 585 g/mol. The molecule has 0 aromatic heterocycles. The molecule has 5 N–H and O–H groups in total. The van der Waals surface area contributed by atoms with Gasteiger partial charge >= 0.3 is 5.97 Å². The average molecular weight is 586 g/mol. The first kappa shape index (κ1) is 36.4. The second-order valence-corrected chi connectivity index (χ2v) is 12.8. The van der Waals surface area contributed by atoms with E-state index >= 15 is 0 Å². The number of carboxylic acids is 1. The molecule has 0 aromatic rings. The van der Waals surface area contributed by atoms with Crippen molar-refractivity contribution in [2.45, 2.75) is 167 Å². The molecule has 0 aliphatic carbocycles. The van der Waals surface area contributed by atoms with E-state index in [9.17, 15) is 9.90 Å². The Morgan fingerprint density at radius 3 is 0.854 bits per heavy atom. The summed E-state index contributed by atoms with van der Waals surface area (Å²) >= 11 is 0. The summed E-state index contributed by atoms with van der Waals surface area (Å²) in [6, 6.07) is 3.30. The van der Waals surface area contributed by atoms with Crippen molar-refractivity contribution < 1.29 is 30.3 Å². The first-order valence-electron chi connectivity index (χ1n) is 16.7. The highest BCUT2D eigenvalue weighted by molar-refractivity contribution is 5.69. The van der Waals surface area contributed by atoms with Gasteiger partial charge in [0.1, 0.15) is 5.79 Å². The minimum Gasteiger partial charge on any atom is -0.481 e. The van der Waals surface area contributed by atoms with Gasteiger partial charge in [-0.05, 0) is 38.5 Å². The van der Waals surface area contributed by atoms with Crippen molar-refractivity contribution >= 4 is 5.97 Å². The lowest BCUT2D eigenvalue weighted by atomic mass is 9.93. The SMILES string of the molecule is CCCC1C(CCC)N1C(CC(=O)O)(N1C(CCC)C1CCC)N1C(CCC)C1CCC.OCC(CO)(CO)CO. The standard InChI is InChI=1S/C27H51N3O2.C5H12O4/c1-7-13-20-21(14-8-2)28(20)27(19-26(31)32,29-22(15-9-3)23(29)16-10-4)30-24(17-11-5)25(30)18-12-6;6-1-5(2-7,3-8)4-9/h20-25H,7-19H2,1-6H3,(H,31,32);6-9H,1-4H2. The molecule has 9 nitrogen and oxygen atoms in total. The molecule has 41 heavy (non-hydrogen) atoms. The van der Waals surface area contributed by atoms with Crippen LogP contribution in [-0.2, 0) is 4.79 Å². The Morgan fingerprint density at radius 2 is 0.732 bits per heavy atom. The normalized spacial score (nSPS) is 33.5. The maximum atomic E-state index is 12.5. The van der Waals surface area contributed by atoms with Crippen LogP contribution in [0.3, 0.4) is 0 Å². The Kier molecular flexibility index (Phi) is 15.0. The van der Waals surface area contributed by atoms with Crippen LogP contribution in [0.4, 0.5) is 0 Å². The number of carbonyl (C=O) groups is 1. The van der Waals surface area contributed by atoms with Gasteiger partial charge in [0.25, 0.3) is 0 Å². The maximum Gasteiger partial charge on any atom is 0.308 e. The van der Waals surface area contributed by atoms with Crippen molar-refractivity contribution in [2.24, 2.45) is 5.41 Å². The van der Waals surface area contributed by atoms with Gasteiger partial charge in [0.15, 0.2) is 0 Å². The van der Waals surface area contributed by atoms with Crippen molar-refractivity contribution in [3.8, 4) is 0 Å². The fourth-order valence-corrected chi connectivity index (χ4v) is 7.54. The third-order valence-electron chi connectivity index (χ3n) is 9.68. The summed E-state index contributed by atoms with van der Waals surface area (Å²) in [5, 5.41) is 44.3. The molecule has 3 rings (SSSR count). The van der Waals surface area contributed by atoms with Crippen molar-refractivity contribution in [3.63, 3.8) is 0 Å². The molecule has 0 saturated carbocycles. The minimum absolute atomic E-state index is 0.244. The Morgan fingerprint density at radius 1 is 0.512 bits per heavy atom. The molecule has 9 heteroatoms. The number of aliphatic hydroxyl groups is 4. The third-order valence-corrected chi connectivity index (χ3v) is 9.68. The van der Waals surface area contributed by atoms with Gasteiger partial charge in [-0.2, -0.15) is 0 Å². The van der Waals surface area contributed by atoms with Crippen LogP contribution in [-0.4, -0.2) is 115 Å². The van der Waals surface area contributed by atoms with E-state index in [1.807, 2.05) is 0 Å². The number of aliphatic carboxylic acids is 1. The highest BCUT2D eigenvalue weighted by atomic mass is 16.4. The van der Waals surface area contributed by atoms with Crippen molar-refractivity contribution in [3.05, 3.63) is 0 Å². The van der Waals surface area contributed by atoms with E-state index in [1.54, 1.807) is 0 Å². The van der Waals surface area contributed by atoms with E-state index in [0.717, 1.165) is 0 Å². The van der Waals surface area contributed by atoms with Crippen LogP contribution in [0.2, 0.25) is 0 Å². The molecule has 0 aromatic carbocycles. The highest BCUT2D eigenvalue weighted by Crippen LogP contribution is 2.59. The van der Waals surface area contributed by atoms with Gasteiger partial charge in [0.05, 0.1) is 38.3 Å². The summed E-state index contributed by atoms with van der Waals surface area (Å²) in [7, 11) is 0. The Labute approximate surface area is 249 Å². The van der Waals surface area contributed by atoms with Gasteiger partial charge in [-0.3, -0.25) is 19.5 Å². The summed E-state index contributed by atoms with van der Waals surface area (Å²) in [6.45, 7) is 12.1. The summed E-state index contributed by atoms with van der Waals surface area (Å²) in [6.07, 6.45) is 14.5. The van der Waals surface area contributed by atoms with E-state index in [-0.39, 0.29) is 6.42 Å². The van der Waals surface area contributed by atoms with Crippen LogP contribution < -0.4 is 0 Å². The summed E-state index contributed by atoms with van der Waals surface area (Å²) in [4.78, 5) is 20.7. The Bertz CT molecular complexity index is 643.